The molecule has 2 aromatic carbocycles. The Hall–Kier alpha value is -3.95. The Labute approximate surface area is 219 Å². The van der Waals surface area contributed by atoms with Crippen LogP contribution in [-0.4, -0.2) is 56.7 Å². The number of alkyl halides is 3. The van der Waals surface area contributed by atoms with Gasteiger partial charge in [-0.3, -0.25) is 19.2 Å². The zero-order chi connectivity index (χ0) is 28.2. The lowest BCUT2D eigenvalue weighted by Crippen LogP contribution is -2.64. The highest BCUT2D eigenvalue weighted by molar-refractivity contribution is 6.00. The first-order valence-corrected chi connectivity index (χ1v) is 12.2. The molecule has 1 aliphatic rings. The lowest BCUT2D eigenvalue weighted by molar-refractivity contribution is -0.187. The second-order valence-electron chi connectivity index (χ2n) is 9.22. The van der Waals surface area contributed by atoms with Crippen LogP contribution in [0.4, 0.5) is 13.2 Å². The molecule has 38 heavy (non-hydrogen) atoms. The van der Waals surface area contributed by atoms with Crippen molar-refractivity contribution in [3.05, 3.63) is 78.0 Å². The number of hydrogen-bond acceptors (Lipinski definition) is 4. The number of Topliss-reactive ketones (excluding diaryl/α,β-unsaturated/α-hetero) is 1. The van der Waals surface area contributed by atoms with Gasteiger partial charge in [-0.2, -0.15) is 13.2 Å². The average Bonchev–Trinajstić information content (AvgIpc) is 2.88. The van der Waals surface area contributed by atoms with Crippen LogP contribution < -0.4 is 0 Å². The van der Waals surface area contributed by atoms with E-state index in [1.54, 1.807) is 67.6 Å². The number of ketones is 1. The van der Waals surface area contributed by atoms with Gasteiger partial charge in [0.15, 0.2) is 0 Å². The third-order valence-electron chi connectivity index (χ3n) is 6.55. The topological polar surface area (TPSA) is 78.0 Å². The van der Waals surface area contributed by atoms with Crippen LogP contribution in [0, 0.1) is 5.92 Å². The molecule has 3 atom stereocenters. The van der Waals surface area contributed by atoms with Crippen LogP contribution in [0.3, 0.4) is 0 Å². The molecule has 0 spiro atoms. The number of benzene rings is 2. The van der Waals surface area contributed by atoms with Gasteiger partial charge in [0.05, 0.1) is 5.70 Å². The highest BCUT2D eigenvalue weighted by atomic mass is 19.4. The Morgan fingerprint density at radius 1 is 0.974 bits per heavy atom. The summed E-state index contributed by atoms with van der Waals surface area (Å²) in [6.07, 6.45) is -3.92. The first-order valence-electron chi connectivity index (χ1n) is 12.2. The fourth-order valence-electron chi connectivity index (χ4n) is 4.50. The molecular weight excluding hydrogens is 499 g/mol. The molecule has 0 aliphatic carbocycles. The minimum Gasteiger partial charge on any atom is -0.304 e. The van der Waals surface area contributed by atoms with E-state index >= 15 is 0 Å². The number of hydrogen-bond donors (Lipinski definition) is 0. The number of halogens is 3. The Kier molecular flexibility index (Phi) is 8.75. The second kappa shape index (κ2) is 11.6. The highest BCUT2D eigenvalue weighted by Crippen LogP contribution is 2.35. The molecular formula is C28H30F3N3O4. The predicted octanol–water partition coefficient (Wildman–Crippen LogP) is 4.60. The molecule has 0 radical (unpaired) electrons. The molecule has 2 aromatic rings. The third-order valence-corrected chi connectivity index (χ3v) is 6.55. The van der Waals surface area contributed by atoms with Gasteiger partial charge in [0.25, 0.3) is 11.7 Å². The van der Waals surface area contributed by atoms with Crippen molar-refractivity contribution in [3.63, 3.8) is 0 Å². The summed E-state index contributed by atoms with van der Waals surface area (Å²) in [5, 5.41) is 1.45. The molecule has 202 valence electrons. The second-order valence-corrected chi connectivity index (χ2v) is 9.22. The highest BCUT2D eigenvalue weighted by Gasteiger charge is 2.51. The molecule has 0 saturated heterocycles. The lowest BCUT2D eigenvalue weighted by Gasteiger charge is -2.47. The van der Waals surface area contributed by atoms with E-state index in [1.807, 2.05) is 6.92 Å². The smallest absolute Gasteiger partial charge is 0.304 e. The van der Waals surface area contributed by atoms with Crippen molar-refractivity contribution < 1.29 is 32.3 Å². The van der Waals surface area contributed by atoms with E-state index in [4.69, 9.17) is 0 Å². The summed E-state index contributed by atoms with van der Waals surface area (Å²) >= 11 is 0. The van der Waals surface area contributed by atoms with E-state index < -0.39 is 54.1 Å². The van der Waals surface area contributed by atoms with E-state index in [2.05, 4.69) is 0 Å². The summed E-state index contributed by atoms with van der Waals surface area (Å²) in [4.78, 5) is 53.9. The number of amides is 3. The van der Waals surface area contributed by atoms with Crippen molar-refractivity contribution in [1.29, 1.82) is 0 Å². The van der Waals surface area contributed by atoms with Crippen molar-refractivity contribution in [2.24, 2.45) is 5.92 Å². The first-order chi connectivity index (χ1) is 17.9. The van der Waals surface area contributed by atoms with Crippen LogP contribution in [0.1, 0.15) is 45.2 Å². The maximum absolute atomic E-state index is 14.1. The van der Waals surface area contributed by atoms with Crippen molar-refractivity contribution in [2.75, 3.05) is 0 Å². The predicted molar refractivity (Wildman–Crippen MR) is 135 cm³/mol. The fourth-order valence-corrected chi connectivity index (χ4v) is 4.50. The Morgan fingerprint density at radius 2 is 1.53 bits per heavy atom. The zero-order valence-corrected chi connectivity index (χ0v) is 21.6. The van der Waals surface area contributed by atoms with Crippen LogP contribution >= 0.6 is 0 Å². The molecule has 3 amide bonds. The van der Waals surface area contributed by atoms with Crippen LogP contribution in [0.2, 0.25) is 0 Å². The van der Waals surface area contributed by atoms with E-state index in [0.29, 0.717) is 22.6 Å². The molecule has 0 saturated carbocycles. The quantitative estimate of drug-likeness (QED) is 0.501. The average molecular weight is 530 g/mol. The lowest BCUT2D eigenvalue weighted by atomic mass is 9.93. The largest absolute Gasteiger partial charge is 0.452 e. The van der Waals surface area contributed by atoms with Gasteiger partial charge in [-0.15, -0.1) is 0 Å². The monoisotopic (exact) mass is 529 g/mol. The van der Waals surface area contributed by atoms with Crippen LogP contribution in [0.25, 0.3) is 5.70 Å². The molecule has 0 fully saturated rings. The van der Waals surface area contributed by atoms with Crippen molar-refractivity contribution in [2.45, 2.75) is 58.8 Å². The van der Waals surface area contributed by atoms with Gasteiger partial charge in [-0.05, 0) is 11.5 Å². The number of carbonyl (C=O) groups excluding carboxylic acids is 4. The molecule has 0 bridgehead atoms. The van der Waals surface area contributed by atoms with E-state index in [-0.39, 0.29) is 5.70 Å². The Morgan fingerprint density at radius 3 is 2.00 bits per heavy atom. The summed E-state index contributed by atoms with van der Waals surface area (Å²) < 4.78 is 41.6. The number of rotatable bonds is 8. The maximum atomic E-state index is 14.1. The SMILES string of the molecule is CCC(C)C1C(=O)N(N(C(C)=O)C(Cc2ccccc2)C(=O)C(F)(F)F)C(c2ccccc2)=CN1C(C)=O. The summed E-state index contributed by atoms with van der Waals surface area (Å²) in [5.74, 6) is -4.72. The molecule has 0 N–H and O–H groups in total. The third kappa shape index (κ3) is 5.95. The zero-order valence-electron chi connectivity index (χ0n) is 21.6. The molecule has 1 heterocycles. The fraction of sp³-hybridized carbons (Fsp3) is 0.357. The van der Waals surface area contributed by atoms with E-state index in [9.17, 15) is 32.3 Å². The molecule has 1 aliphatic heterocycles. The van der Waals surface area contributed by atoms with Gasteiger partial charge >= 0.3 is 6.18 Å². The number of carbonyl (C=O) groups is 4. The number of hydrazine groups is 1. The first kappa shape index (κ1) is 28.6. The van der Waals surface area contributed by atoms with Gasteiger partial charge in [0.1, 0.15) is 12.1 Å². The summed E-state index contributed by atoms with van der Waals surface area (Å²) in [7, 11) is 0. The Bertz CT molecular complexity index is 1210. The van der Waals surface area contributed by atoms with E-state index in [1.165, 1.54) is 18.0 Å². The molecule has 7 nitrogen and oxygen atoms in total. The Balaban J connectivity index is 2.28. The maximum Gasteiger partial charge on any atom is 0.452 e. The van der Waals surface area contributed by atoms with Gasteiger partial charge in [-0.1, -0.05) is 80.9 Å². The van der Waals surface area contributed by atoms with Gasteiger partial charge in [0.2, 0.25) is 11.8 Å². The number of nitrogens with zero attached hydrogens (tertiary/aromatic N) is 3. The van der Waals surface area contributed by atoms with Crippen molar-refractivity contribution >= 4 is 29.2 Å². The van der Waals surface area contributed by atoms with Crippen LogP contribution in [0.15, 0.2) is 66.9 Å². The van der Waals surface area contributed by atoms with Crippen LogP contribution in [0.5, 0.6) is 0 Å². The molecule has 10 heteroatoms. The summed E-state index contributed by atoms with van der Waals surface area (Å²) in [5.41, 5.74) is 0.757. The van der Waals surface area contributed by atoms with Crippen LogP contribution in [-0.2, 0) is 25.6 Å². The van der Waals surface area contributed by atoms with Crippen molar-refractivity contribution in [3.8, 4) is 0 Å². The molecule has 3 rings (SSSR count). The normalized spacial score (nSPS) is 17.5. The van der Waals surface area contributed by atoms with E-state index in [0.717, 1.165) is 11.9 Å². The molecule has 0 aromatic heterocycles. The van der Waals surface area contributed by atoms with Gasteiger partial charge in [-0.25, -0.2) is 10.0 Å². The van der Waals surface area contributed by atoms with Gasteiger partial charge < -0.3 is 4.90 Å². The molecule has 3 unspecified atom stereocenters. The standard InChI is InChI=1S/C28H30F3N3O4/c1-5-18(2)25-27(38)34(24(17-32(25)19(3)35)22-14-10-7-11-15-22)33(20(4)36)23(26(37)28(29,30)31)16-21-12-8-6-9-13-21/h6-15,17-18,23,25H,5,16H2,1-4H3. The summed E-state index contributed by atoms with van der Waals surface area (Å²) in [6.45, 7) is 5.84. The minimum atomic E-state index is -5.27. The summed E-state index contributed by atoms with van der Waals surface area (Å²) in [6, 6.07) is 13.0. The van der Waals surface area contributed by atoms with Crippen molar-refractivity contribution in [1.82, 2.24) is 14.9 Å². The minimum absolute atomic E-state index is 0.00795. The van der Waals surface area contributed by atoms with Gasteiger partial charge in [0, 0.05) is 32.0 Å².